The van der Waals surface area contributed by atoms with Gasteiger partial charge in [0.15, 0.2) is 0 Å². The minimum atomic E-state index is -0.568. The molecule has 3 nitrogen and oxygen atoms in total. The SMILES string of the molecule is O=C(CCSc1ccc(F)cc1)N[C@H]1c2ccccc2C[C@H]1O. The number of hydrogen-bond donors (Lipinski definition) is 2. The van der Waals surface area contributed by atoms with E-state index in [0.29, 0.717) is 18.6 Å². The minimum absolute atomic E-state index is 0.0830. The second-order valence-electron chi connectivity index (χ2n) is 5.57. The first-order valence-electron chi connectivity index (χ1n) is 7.57. The number of carbonyl (C=O) groups is 1. The van der Waals surface area contributed by atoms with Crippen LogP contribution < -0.4 is 5.32 Å². The average Bonchev–Trinajstić information content (AvgIpc) is 2.85. The van der Waals surface area contributed by atoms with Gasteiger partial charge in [0.25, 0.3) is 0 Å². The van der Waals surface area contributed by atoms with E-state index in [1.54, 1.807) is 12.1 Å². The average molecular weight is 331 g/mol. The molecule has 0 heterocycles. The van der Waals surface area contributed by atoms with E-state index in [9.17, 15) is 14.3 Å². The van der Waals surface area contributed by atoms with Crippen molar-refractivity contribution in [2.24, 2.45) is 0 Å². The van der Waals surface area contributed by atoms with Crippen molar-refractivity contribution in [2.45, 2.75) is 29.9 Å². The standard InChI is InChI=1S/C18H18FNO2S/c19-13-5-7-14(8-6-13)23-10-9-17(22)20-18-15-4-2-1-3-12(15)11-16(18)21/h1-8,16,18,21H,9-11H2,(H,20,22)/t16-,18+/m1/s1. The molecule has 1 aliphatic carbocycles. The van der Waals surface area contributed by atoms with E-state index in [-0.39, 0.29) is 17.8 Å². The van der Waals surface area contributed by atoms with Crippen molar-refractivity contribution in [3.63, 3.8) is 0 Å². The lowest BCUT2D eigenvalue weighted by Gasteiger charge is -2.17. The van der Waals surface area contributed by atoms with Gasteiger partial charge < -0.3 is 10.4 Å². The molecule has 2 aromatic rings. The number of nitrogens with one attached hydrogen (secondary N) is 1. The predicted octanol–water partition coefficient (Wildman–Crippen LogP) is 3.08. The Hall–Kier alpha value is -1.85. The van der Waals surface area contributed by atoms with Crippen molar-refractivity contribution in [3.05, 3.63) is 65.5 Å². The molecule has 1 aliphatic rings. The van der Waals surface area contributed by atoms with E-state index in [1.807, 2.05) is 24.3 Å². The summed E-state index contributed by atoms with van der Waals surface area (Å²) in [5, 5.41) is 13.1. The molecule has 0 aromatic heterocycles. The van der Waals surface area contributed by atoms with Crippen molar-refractivity contribution < 1.29 is 14.3 Å². The largest absolute Gasteiger partial charge is 0.390 e. The summed E-state index contributed by atoms with van der Waals surface area (Å²) >= 11 is 1.51. The highest BCUT2D eigenvalue weighted by atomic mass is 32.2. The summed E-state index contributed by atoms with van der Waals surface area (Å²) in [6.45, 7) is 0. The second kappa shape index (κ2) is 7.15. The van der Waals surface area contributed by atoms with Crippen molar-refractivity contribution in [2.75, 3.05) is 5.75 Å². The fourth-order valence-electron chi connectivity index (χ4n) is 2.79. The van der Waals surface area contributed by atoms with Gasteiger partial charge in [-0.2, -0.15) is 0 Å². The van der Waals surface area contributed by atoms with Gasteiger partial charge >= 0.3 is 0 Å². The summed E-state index contributed by atoms with van der Waals surface area (Å²) in [4.78, 5) is 13.0. The third-order valence-corrected chi connectivity index (χ3v) is 4.95. The summed E-state index contributed by atoms with van der Waals surface area (Å²) in [7, 11) is 0. The summed E-state index contributed by atoms with van der Waals surface area (Å²) < 4.78 is 12.8. The van der Waals surface area contributed by atoms with E-state index >= 15 is 0 Å². The highest BCUT2D eigenvalue weighted by Gasteiger charge is 2.31. The molecule has 120 valence electrons. The van der Waals surface area contributed by atoms with Crippen LogP contribution in [-0.4, -0.2) is 22.9 Å². The topological polar surface area (TPSA) is 49.3 Å². The molecule has 0 fully saturated rings. The quantitative estimate of drug-likeness (QED) is 0.828. The van der Waals surface area contributed by atoms with E-state index in [2.05, 4.69) is 5.32 Å². The number of aliphatic hydroxyl groups excluding tert-OH is 1. The molecule has 2 N–H and O–H groups in total. The summed E-state index contributed by atoms with van der Waals surface area (Å²) in [6.07, 6.45) is 0.361. The number of halogens is 1. The number of carbonyl (C=O) groups excluding carboxylic acids is 1. The van der Waals surface area contributed by atoms with E-state index in [1.165, 1.54) is 23.9 Å². The lowest BCUT2D eigenvalue weighted by Crippen LogP contribution is -2.34. The van der Waals surface area contributed by atoms with Gasteiger partial charge in [0.2, 0.25) is 5.91 Å². The Labute approximate surface area is 138 Å². The molecule has 5 heteroatoms. The first-order valence-corrected chi connectivity index (χ1v) is 8.55. The fourth-order valence-corrected chi connectivity index (χ4v) is 3.64. The van der Waals surface area contributed by atoms with Gasteiger partial charge in [0, 0.05) is 23.5 Å². The van der Waals surface area contributed by atoms with Crippen LogP contribution in [-0.2, 0) is 11.2 Å². The fraction of sp³-hybridized carbons (Fsp3) is 0.278. The zero-order valence-corrected chi connectivity index (χ0v) is 13.4. The maximum atomic E-state index is 12.8. The molecule has 2 aromatic carbocycles. The summed E-state index contributed by atoms with van der Waals surface area (Å²) in [5.41, 5.74) is 2.09. The van der Waals surface area contributed by atoms with Crippen LogP contribution in [0.4, 0.5) is 4.39 Å². The molecule has 2 atom stereocenters. The Morgan fingerprint density at radius 1 is 1.22 bits per heavy atom. The zero-order chi connectivity index (χ0) is 16.2. The van der Waals surface area contributed by atoms with Crippen LogP contribution in [0.25, 0.3) is 0 Å². The van der Waals surface area contributed by atoms with Crippen molar-refractivity contribution in [3.8, 4) is 0 Å². The van der Waals surface area contributed by atoms with E-state index < -0.39 is 6.10 Å². The van der Waals surface area contributed by atoms with Crippen LogP contribution in [0, 0.1) is 5.82 Å². The number of benzene rings is 2. The Morgan fingerprint density at radius 2 is 1.96 bits per heavy atom. The summed E-state index contributed by atoms with van der Waals surface area (Å²) in [5.74, 6) is 0.267. The molecule has 0 aliphatic heterocycles. The monoisotopic (exact) mass is 331 g/mol. The van der Waals surface area contributed by atoms with Crippen molar-refractivity contribution >= 4 is 17.7 Å². The van der Waals surface area contributed by atoms with E-state index in [0.717, 1.165) is 16.0 Å². The van der Waals surface area contributed by atoms with Crippen LogP contribution >= 0.6 is 11.8 Å². The number of rotatable bonds is 5. The molecule has 3 rings (SSSR count). The van der Waals surface area contributed by atoms with Crippen LogP contribution in [0.15, 0.2) is 53.4 Å². The number of hydrogen-bond acceptors (Lipinski definition) is 3. The molecule has 23 heavy (non-hydrogen) atoms. The lowest BCUT2D eigenvalue weighted by atomic mass is 10.1. The minimum Gasteiger partial charge on any atom is -0.390 e. The molecule has 0 saturated heterocycles. The third-order valence-electron chi connectivity index (χ3n) is 3.93. The molecule has 0 spiro atoms. The Bertz CT molecular complexity index is 690. The highest BCUT2D eigenvalue weighted by Crippen LogP contribution is 2.31. The molecule has 1 amide bonds. The first-order chi connectivity index (χ1) is 11.1. The van der Waals surface area contributed by atoms with Gasteiger partial charge in [-0.25, -0.2) is 4.39 Å². The lowest BCUT2D eigenvalue weighted by molar-refractivity contribution is -0.122. The Balaban J connectivity index is 1.51. The zero-order valence-electron chi connectivity index (χ0n) is 12.5. The number of aliphatic hydroxyl groups is 1. The molecule has 0 saturated carbocycles. The van der Waals surface area contributed by atoms with Gasteiger partial charge in [0.05, 0.1) is 12.1 Å². The maximum Gasteiger partial charge on any atom is 0.221 e. The highest BCUT2D eigenvalue weighted by molar-refractivity contribution is 7.99. The first kappa shape index (κ1) is 16.0. The van der Waals surface area contributed by atoms with Crippen LogP contribution in [0.3, 0.4) is 0 Å². The van der Waals surface area contributed by atoms with Crippen molar-refractivity contribution in [1.29, 1.82) is 0 Å². The number of fused-ring (bicyclic) bond motifs is 1. The Morgan fingerprint density at radius 3 is 2.74 bits per heavy atom. The third kappa shape index (κ3) is 3.92. The Kier molecular flexibility index (Phi) is 4.98. The van der Waals surface area contributed by atoms with Gasteiger partial charge in [-0.15, -0.1) is 11.8 Å². The number of thioether (sulfide) groups is 1. The number of amides is 1. The molecular formula is C18H18FNO2S. The maximum absolute atomic E-state index is 12.8. The van der Waals surface area contributed by atoms with Crippen molar-refractivity contribution in [1.82, 2.24) is 5.32 Å². The predicted molar refractivity (Wildman–Crippen MR) is 88.8 cm³/mol. The van der Waals surface area contributed by atoms with Gasteiger partial charge in [-0.3, -0.25) is 4.79 Å². The van der Waals surface area contributed by atoms with Crippen LogP contribution in [0.2, 0.25) is 0 Å². The second-order valence-corrected chi connectivity index (χ2v) is 6.74. The smallest absolute Gasteiger partial charge is 0.221 e. The van der Waals surface area contributed by atoms with Gasteiger partial charge in [-0.05, 0) is 35.4 Å². The van der Waals surface area contributed by atoms with Gasteiger partial charge in [-0.1, -0.05) is 24.3 Å². The van der Waals surface area contributed by atoms with Crippen LogP contribution in [0.5, 0.6) is 0 Å². The van der Waals surface area contributed by atoms with Gasteiger partial charge in [0.1, 0.15) is 5.82 Å². The molecule has 0 bridgehead atoms. The normalized spacial score (nSPS) is 19.4. The molecular weight excluding hydrogens is 313 g/mol. The molecule has 0 unspecified atom stereocenters. The molecule has 0 radical (unpaired) electrons. The van der Waals surface area contributed by atoms with E-state index in [4.69, 9.17) is 0 Å². The summed E-state index contributed by atoms with van der Waals surface area (Å²) in [6, 6.07) is 13.7. The van der Waals surface area contributed by atoms with Crippen LogP contribution in [0.1, 0.15) is 23.6 Å².